The Balaban J connectivity index is 2.04. The zero-order chi connectivity index (χ0) is 13.6. The zero-order valence-electron chi connectivity index (χ0n) is 10.9. The molecule has 1 heterocycles. The van der Waals surface area contributed by atoms with Crippen LogP contribution in [0.15, 0.2) is 66.7 Å². The standard InChI is InChI=1S/C18H14O2/c19-18(14-7-2-1-3-8-14)12-20-16-11-10-13-6-4-5-9-15(13)17(16)18/h1-11,19H,12H2. The Bertz CT molecular complexity index is 780. The Kier molecular flexibility index (Phi) is 2.35. The predicted molar refractivity (Wildman–Crippen MR) is 78.9 cm³/mol. The summed E-state index contributed by atoms with van der Waals surface area (Å²) in [4.78, 5) is 0. The first-order chi connectivity index (χ1) is 9.79. The molecule has 3 aromatic rings. The summed E-state index contributed by atoms with van der Waals surface area (Å²) in [6.07, 6.45) is 0. The lowest BCUT2D eigenvalue weighted by molar-refractivity contribution is 0.0569. The molecule has 0 bridgehead atoms. The number of rotatable bonds is 1. The second-order valence-electron chi connectivity index (χ2n) is 5.17. The number of hydrogen-bond donors (Lipinski definition) is 1. The van der Waals surface area contributed by atoms with E-state index >= 15 is 0 Å². The van der Waals surface area contributed by atoms with E-state index in [1.54, 1.807) is 0 Å². The van der Waals surface area contributed by atoms with Crippen LogP contribution in [0.1, 0.15) is 11.1 Å². The van der Waals surface area contributed by atoms with Crippen LogP contribution < -0.4 is 4.74 Å². The first-order valence-corrected chi connectivity index (χ1v) is 6.72. The molecule has 1 unspecified atom stereocenters. The lowest BCUT2D eigenvalue weighted by atomic mass is 9.85. The molecule has 20 heavy (non-hydrogen) atoms. The van der Waals surface area contributed by atoms with Gasteiger partial charge in [0.1, 0.15) is 12.4 Å². The van der Waals surface area contributed by atoms with Gasteiger partial charge in [0.05, 0.1) is 0 Å². The zero-order valence-corrected chi connectivity index (χ0v) is 10.9. The van der Waals surface area contributed by atoms with Crippen molar-refractivity contribution in [3.05, 3.63) is 77.9 Å². The molecular weight excluding hydrogens is 248 g/mol. The van der Waals surface area contributed by atoms with Crippen molar-refractivity contribution in [3.8, 4) is 5.75 Å². The second kappa shape index (κ2) is 4.09. The molecule has 0 aromatic heterocycles. The SMILES string of the molecule is OC1(c2ccccc2)COc2ccc3ccccc3c21. The van der Waals surface area contributed by atoms with Gasteiger partial charge >= 0.3 is 0 Å². The van der Waals surface area contributed by atoms with Gasteiger partial charge in [-0.05, 0) is 22.4 Å². The van der Waals surface area contributed by atoms with Crippen LogP contribution in [-0.2, 0) is 5.60 Å². The molecule has 1 aliphatic heterocycles. The highest BCUT2D eigenvalue weighted by molar-refractivity contribution is 5.89. The molecule has 0 saturated carbocycles. The summed E-state index contributed by atoms with van der Waals surface area (Å²) in [5.74, 6) is 0.773. The van der Waals surface area contributed by atoms with E-state index in [9.17, 15) is 5.11 Å². The van der Waals surface area contributed by atoms with Crippen molar-refractivity contribution in [2.24, 2.45) is 0 Å². The molecule has 2 nitrogen and oxygen atoms in total. The fourth-order valence-corrected chi connectivity index (χ4v) is 2.99. The van der Waals surface area contributed by atoms with Crippen LogP contribution >= 0.6 is 0 Å². The van der Waals surface area contributed by atoms with Crippen molar-refractivity contribution in [1.82, 2.24) is 0 Å². The largest absolute Gasteiger partial charge is 0.489 e. The Hall–Kier alpha value is -2.32. The maximum Gasteiger partial charge on any atom is 0.153 e. The molecule has 0 amide bonds. The van der Waals surface area contributed by atoms with Crippen LogP contribution in [-0.4, -0.2) is 11.7 Å². The average molecular weight is 262 g/mol. The molecule has 0 saturated heterocycles. The molecule has 0 radical (unpaired) electrons. The molecule has 3 aromatic carbocycles. The first kappa shape index (κ1) is 11.5. The van der Waals surface area contributed by atoms with Gasteiger partial charge in [0, 0.05) is 5.56 Å². The van der Waals surface area contributed by atoms with Crippen LogP contribution in [0.3, 0.4) is 0 Å². The summed E-state index contributed by atoms with van der Waals surface area (Å²) in [5, 5.41) is 13.4. The van der Waals surface area contributed by atoms with Gasteiger partial charge < -0.3 is 9.84 Å². The maximum atomic E-state index is 11.2. The summed E-state index contributed by atoms with van der Waals surface area (Å²) in [6, 6.07) is 21.8. The number of fused-ring (bicyclic) bond motifs is 3. The smallest absolute Gasteiger partial charge is 0.153 e. The molecular formula is C18H14O2. The minimum absolute atomic E-state index is 0.264. The molecule has 0 fully saturated rings. The van der Waals surface area contributed by atoms with Gasteiger partial charge in [-0.3, -0.25) is 0 Å². The molecule has 4 rings (SSSR count). The Morgan fingerprint density at radius 1 is 0.850 bits per heavy atom. The van der Waals surface area contributed by atoms with E-state index in [1.807, 2.05) is 60.7 Å². The topological polar surface area (TPSA) is 29.5 Å². The number of aliphatic hydroxyl groups is 1. The summed E-state index contributed by atoms with van der Waals surface area (Å²) >= 11 is 0. The van der Waals surface area contributed by atoms with E-state index in [1.165, 1.54) is 0 Å². The van der Waals surface area contributed by atoms with E-state index in [-0.39, 0.29) is 6.61 Å². The van der Waals surface area contributed by atoms with Crippen molar-refractivity contribution in [2.45, 2.75) is 5.60 Å². The van der Waals surface area contributed by atoms with E-state index in [4.69, 9.17) is 4.74 Å². The minimum atomic E-state index is -1.07. The van der Waals surface area contributed by atoms with E-state index in [0.717, 1.165) is 27.6 Å². The number of hydrogen-bond acceptors (Lipinski definition) is 2. The van der Waals surface area contributed by atoms with E-state index in [0.29, 0.717) is 0 Å². The van der Waals surface area contributed by atoms with Crippen molar-refractivity contribution in [1.29, 1.82) is 0 Å². The fourth-order valence-electron chi connectivity index (χ4n) is 2.99. The van der Waals surface area contributed by atoms with Crippen molar-refractivity contribution in [3.63, 3.8) is 0 Å². The van der Waals surface area contributed by atoms with Crippen molar-refractivity contribution in [2.75, 3.05) is 6.61 Å². The van der Waals surface area contributed by atoms with Crippen LogP contribution in [0.4, 0.5) is 0 Å². The van der Waals surface area contributed by atoms with Crippen molar-refractivity contribution >= 4 is 10.8 Å². The van der Waals surface area contributed by atoms with Gasteiger partial charge in [-0.2, -0.15) is 0 Å². The first-order valence-electron chi connectivity index (χ1n) is 6.72. The van der Waals surface area contributed by atoms with Gasteiger partial charge in [-0.15, -0.1) is 0 Å². The van der Waals surface area contributed by atoms with Crippen molar-refractivity contribution < 1.29 is 9.84 Å². The average Bonchev–Trinajstić information content (AvgIpc) is 2.87. The second-order valence-corrected chi connectivity index (χ2v) is 5.17. The molecule has 1 atom stereocenters. The fraction of sp³-hybridized carbons (Fsp3) is 0.111. The third kappa shape index (κ3) is 1.49. The quantitative estimate of drug-likeness (QED) is 0.727. The normalized spacial score (nSPS) is 20.6. The highest BCUT2D eigenvalue weighted by Crippen LogP contribution is 2.45. The summed E-state index contributed by atoms with van der Waals surface area (Å²) < 4.78 is 5.73. The Labute approximate surface area is 117 Å². The number of ether oxygens (including phenoxy) is 1. The molecule has 0 aliphatic carbocycles. The van der Waals surface area contributed by atoms with E-state index < -0.39 is 5.60 Å². The van der Waals surface area contributed by atoms with Gasteiger partial charge in [-0.1, -0.05) is 60.7 Å². The lowest BCUT2D eigenvalue weighted by Gasteiger charge is -2.23. The van der Waals surface area contributed by atoms with Gasteiger partial charge in [0.15, 0.2) is 5.60 Å². The predicted octanol–water partition coefficient (Wildman–Crippen LogP) is 3.47. The van der Waals surface area contributed by atoms with Gasteiger partial charge in [0.25, 0.3) is 0 Å². The number of benzene rings is 3. The van der Waals surface area contributed by atoms with Crippen LogP contribution in [0.5, 0.6) is 5.75 Å². The summed E-state index contributed by atoms with van der Waals surface area (Å²) in [6.45, 7) is 0.264. The maximum absolute atomic E-state index is 11.2. The monoisotopic (exact) mass is 262 g/mol. The third-order valence-corrected chi connectivity index (χ3v) is 3.99. The van der Waals surface area contributed by atoms with Gasteiger partial charge in [0.2, 0.25) is 0 Å². The highest BCUT2D eigenvalue weighted by atomic mass is 16.5. The minimum Gasteiger partial charge on any atom is -0.489 e. The van der Waals surface area contributed by atoms with Crippen LogP contribution in [0, 0.1) is 0 Å². The molecule has 1 N–H and O–H groups in total. The summed E-state index contributed by atoms with van der Waals surface area (Å²) in [7, 11) is 0. The Morgan fingerprint density at radius 2 is 1.60 bits per heavy atom. The van der Waals surface area contributed by atoms with E-state index in [2.05, 4.69) is 6.07 Å². The third-order valence-electron chi connectivity index (χ3n) is 3.99. The molecule has 0 spiro atoms. The Morgan fingerprint density at radius 3 is 2.45 bits per heavy atom. The molecule has 1 aliphatic rings. The van der Waals surface area contributed by atoms with Crippen LogP contribution in [0.2, 0.25) is 0 Å². The lowest BCUT2D eigenvalue weighted by Crippen LogP contribution is -2.29. The molecule has 98 valence electrons. The molecule has 2 heteroatoms. The van der Waals surface area contributed by atoms with Crippen LogP contribution in [0.25, 0.3) is 10.8 Å². The van der Waals surface area contributed by atoms with Gasteiger partial charge in [-0.25, -0.2) is 0 Å². The highest BCUT2D eigenvalue weighted by Gasteiger charge is 2.41. The summed E-state index contributed by atoms with van der Waals surface area (Å²) in [5.41, 5.74) is 0.675.